The Morgan fingerprint density at radius 2 is 1.87 bits per heavy atom. The van der Waals surface area contributed by atoms with Crippen LogP contribution in [0.1, 0.15) is 0 Å². The van der Waals surface area contributed by atoms with Crippen molar-refractivity contribution in [3.05, 3.63) is 64.8 Å². The van der Waals surface area contributed by atoms with E-state index in [2.05, 4.69) is 4.72 Å². The van der Waals surface area contributed by atoms with E-state index in [-0.39, 0.29) is 5.56 Å². The molecule has 1 unspecified atom stereocenters. The number of aromatic nitrogens is 1. The Morgan fingerprint density at radius 1 is 1.17 bits per heavy atom. The van der Waals surface area contributed by atoms with E-state index in [0.717, 1.165) is 10.9 Å². The number of aryl methyl sites for hydroxylation is 1. The van der Waals surface area contributed by atoms with Gasteiger partial charge in [0.25, 0.3) is 5.56 Å². The second-order valence-corrected chi connectivity index (χ2v) is 6.40. The summed E-state index contributed by atoms with van der Waals surface area (Å²) in [4.78, 5) is 12.2. The maximum atomic E-state index is 13.9. The summed E-state index contributed by atoms with van der Waals surface area (Å²) in [6, 6.07) is 11.6. The van der Waals surface area contributed by atoms with Crippen LogP contribution in [-0.4, -0.2) is 15.4 Å². The summed E-state index contributed by atoms with van der Waals surface area (Å²) >= 11 is -1.30. The van der Waals surface area contributed by atoms with Crippen molar-refractivity contribution in [1.82, 2.24) is 4.57 Å². The predicted molar refractivity (Wildman–Crippen MR) is 92.3 cm³/mol. The zero-order valence-electron chi connectivity index (χ0n) is 12.7. The predicted octanol–water partition coefficient (Wildman–Crippen LogP) is 3.05. The molecule has 1 heterocycles. The third kappa shape index (κ3) is 3.09. The van der Waals surface area contributed by atoms with Crippen LogP contribution >= 0.6 is 0 Å². The van der Waals surface area contributed by atoms with E-state index < -0.39 is 17.2 Å². The molecule has 0 aliphatic carbocycles. The van der Waals surface area contributed by atoms with Gasteiger partial charge in [0.05, 0.1) is 17.0 Å². The van der Waals surface area contributed by atoms with E-state index in [9.17, 15) is 13.7 Å². The molecule has 0 aliphatic heterocycles. The molecule has 3 aromatic rings. The highest BCUT2D eigenvalue weighted by molar-refractivity contribution is 7.92. The normalized spacial score (nSPS) is 12.3. The molecule has 1 N–H and O–H groups in total. The number of hydrogen-bond acceptors (Lipinski definition) is 3. The van der Waals surface area contributed by atoms with Crippen molar-refractivity contribution in [2.45, 2.75) is 0 Å². The SMILES string of the molecule is Cn1cc(-c2cc(F)cc(N[S+](C)[O-])c2)c2ccccc2c1=O. The summed E-state index contributed by atoms with van der Waals surface area (Å²) in [6.07, 6.45) is 3.17. The molecule has 0 spiro atoms. The van der Waals surface area contributed by atoms with Crippen molar-refractivity contribution in [1.29, 1.82) is 0 Å². The second-order valence-electron chi connectivity index (χ2n) is 5.29. The molecule has 2 aromatic carbocycles. The highest BCUT2D eigenvalue weighted by atomic mass is 32.2. The molecule has 1 atom stereocenters. The van der Waals surface area contributed by atoms with Gasteiger partial charge in [0.15, 0.2) is 0 Å². The van der Waals surface area contributed by atoms with E-state index in [1.165, 1.54) is 23.0 Å². The number of nitrogens with one attached hydrogen (secondary N) is 1. The van der Waals surface area contributed by atoms with Crippen LogP contribution in [0.25, 0.3) is 21.9 Å². The van der Waals surface area contributed by atoms with E-state index >= 15 is 0 Å². The van der Waals surface area contributed by atoms with Gasteiger partial charge in [-0.1, -0.05) is 18.2 Å². The lowest BCUT2D eigenvalue weighted by molar-refractivity contribution is 0.605. The third-order valence-corrected chi connectivity index (χ3v) is 4.08. The van der Waals surface area contributed by atoms with Crippen molar-refractivity contribution in [3.8, 4) is 11.1 Å². The van der Waals surface area contributed by atoms with Gasteiger partial charge in [0, 0.05) is 30.3 Å². The minimum absolute atomic E-state index is 0.103. The molecular weight excluding hydrogens is 315 g/mol. The van der Waals surface area contributed by atoms with Crippen LogP contribution in [0.5, 0.6) is 0 Å². The van der Waals surface area contributed by atoms with Gasteiger partial charge in [-0.25, -0.2) is 9.11 Å². The fourth-order valence-corrected chi connectivity index (χ4v) is 3.07. The van der Waals surface area contributed by atoms with Crippen LogP contribution in [0.4, 0.5) is 10.1 Å². The van der Waals surface area contributed by atoms with Crippen LogP contribution in [0.3, 0.4) is 0 Å². The van der Waals surface area contributed by atoms with E-state index in [1.54, 1.807) is 31.4 Å². The highest BCUT2D eigenvalue weighted by Gasteiger charge is 2.11. The first kappa shape index (κ1) is 15.6. The molecule has 118 valence electrons. The first-order chi connectivity index (χ1) is 11.0. The van der Waals surface area contributed by atoms with Gasteiger partial charge in [0.1, 0.15) is 12.1 Å². The van der Waals surface area contributed by atoms with Gasteiger partial charge in [-0.3, -0.25) is 4.79 Å². The fraction of sp³-hybridized carbons (Fsp3) is 0.118. The number of pyridine rings is 1. The lowest BCUT2D eigenvalue weighted by Crippen LogP contribution is -2.16. The number of rotatable bonds is 3. The Balaban J connectivity index is 2.27. The minimum Gasteiger partial charge on any atom is -0.593 e. The van der Waals surface area contributed by atoms with Gasteiger partial charge < -0.3 is 9.12 Å². The van der Waals surface area contributed by atoms with Crippen molar-refractivity contribution < 1.29 is 8.94 Å². The first-order valence-corrected chi connectivity index (χ1v) is 8.51. The van der Waals surface area contributed by atoms with Crippen molar-refractivity contribution in [2.75, 3.05) is 11.0 Å². The molecule has 0 fully saturated rings. The standard InChI is InChI=1S/C17H15FN2O2S/c1-20-10-16(14-5-3-4-6-15(14)17(20)21)11-7-12(18)9-13(8-11)19-23(2)22/h3-10,19H,1-2H3. The molecule has 0 amide bonds. The smallest absolute Gasteiger partial charge is 0.258 e. The van der Waals surface area contributed by atoms with Gasteiger partial charge >= 0.3 is 0 Å². The second kappa shape index (κ2) is 6.06. The van der Waals surface area contributed by atoms with Crippen LogP contribution in [0, 0.1) is 5.82 Å². The quantitative estimate of drug-likeness (QED) is 0.751. The zero-order chi connectivity index (χ0) is 16.6. The average molecular weight is 330 g/mol. The summed E-state index contributed by atoms with van der Waals surface area (Å²) in [6.45, 7) is 0. The molecule has 0 radical (unpaired) electrons. The maximum Gasteiger partial charge on any atom is 0.258 e. The monoisotopic (exact) mass is 330 g/mol. The summed E-state index contributed by atoms with van der Waals surface area (Å²) < 4.78 is 29.4. The minimum atomic E-state index is -1.30. The molecule has 0 aliphatic rings. The highest BCUT2D eigenvalue weighted by Crippen LogP contribution is 2.29. The Hall–Kier alpha value is -2.31. The average Bonchev–Trinajstić information content (AvgIpc) is 2.49. The molecule has 6 heteroatoms. The third-order valence-electron chi connectivity index (χ3n) is 3.56. The number of benzene rings is 2. The lowest BCUT2D eigenvalue weighted by atomic mass is 10.00. The zero-order valence-corrected chi connectivity index (χ0v) is 13.5. The van der Waals surface area contributed by atoms with Gasteiger partial charge in [-0.05, 0) is 29.1 Å². The largest absolute Gasteiger partial charge is 0.593 e. The summed E-state index contributed by atoms with van der Waals surface area (Å²) in [5.74, 6) is -0.437. The molecule has 0 bridgehead atoms. The molecule has 3 rings (SSSR count). The van der Waals surface area contributed by atoms with Crippen LogP contribution < -0.4 is 10.3 Å². The number of fused-ring (bicyclic) bond motifs is 1. The Kier molecular flexibility index (Phi) is 4.11. The topological polar surface area (TPSA) is 57.1 Å². The van der Waals surface area contributed by atoms with Crippen LogP contribution in [0.2, 0.25) is 0 Å². The number of anilines is 1. The first-order valence-electron chi connectivity index (χ1n) is 6.95. The summed E-state index contributed by atoms with van der Waals surface area (Å²) in [5, 5.41) is 1.33. The molecule has 0 saturated carbocycles. The van der Waals surface area contributed by atoms with E-state index in [1.807, 2.05) is 12.1 Å². The van der Waals surface area contributed by atoms with Crippen molar-refractivity contribution in [3.63, 3.8) is 0 Å². The summed E-state index contributed by atoms with van der Waals surface area (Å²) in [5.41, 5.74) is 1.68. The van der Waals surface area contributed by atoms with Crippen LogP contribution in [0.15, 0.2) is 53.5 Å². The molecular formula is C17H15FN2O2S. The molecule has 1 aromatic heterocycles. The molecule has 23 heavy (non-hydrogen) atoms. The van der Waals surface area contributed by atoms with E-state index in [4.69, 9.17) is 0 Å². The maximum absolute atomic E-state index is 13.9. The van der Waals surface area contributed by atoms with Gasteiger partial charge in [-0.15, -0.1) is 0 Å². The number of hydrogen-bond donors (Lipinski definition) is 1. The summed E-state index contributed by atoms with van der Waals surface area (Å²) in [7, 11) is 1.66. The van der Waals surface area contributed by atoms with Gasteiger partial charge in [0.2, 0.25) is 0 Å². The van der Waals surface area contributed by atoms with Crippen molar-refractivity contribution in [2.24, 2.45) is 7.05 Å². The van der Waals surface area contributed by atoms with E-state index in [0.29, 0.717) is 16.6 Å². The lowest BCUT2D eigenvalue weighted by Gasteiger charge is -2.12. The van der Waals surface area contributed by atoms with Gasteiger partial charge in [-0.2, -0.15) is 0 Å². The van der Waals surface area contributed by atoms with Crippen molar-refractivity contribution >= 4 is 27.8 Å². The number of nitrogens with zero attached hydrogens (tertiary/aromatic N) is 1. The Labute approximate surface area is 135 Å². The van der Waals surface area contributed by atoms with Crippen LogP contribution in [-0.2, 0) is 18.4 Å². The molecule has 0 saturated heterocycles. The molecule has 4 nitrogen and oxygen atoms in total. The number of halogens is 1. The fourth-order valence-electron chi connectivity index (χ4n) is 2.62. The Morgan fingerprint density at radius 3 is 2.57 bits per heavy atom. The Bertz CT molecular complexity index is 938.